The lowest BCUT2D eigenvalue weighted by atomic mass is 10.3. The molecule has 0 unspecified atom stereocenters. The maximum atomic E-state index is 11.0. The van der Waals surface area contributed by atoms with E-state index in [2.05, 4.69) is 20.7 Å². The number of amides is 1. The first-order valence-corrected chi connectivity index (χ1v) is 7.54. The number of carbonyl (C=O) groups excluding carboxylic acids is 1. The van der Waals surface area contributed by atoms with E-state index in [1.165, 1.54) is 11.6 Å². The second-order valence-electron chi connectivity index (χ2n) is 5.30. The maximum absolute atomic E-state index is 11.0. The Kier molecular flexibility index (Phi) is 4.42. The van der Waals surface area contributed by atoms with Gasteiger partial charge in [-0.1, -0.05) is 18.2 Å². The number of nitrogen functional groups attached to an aromatic ring is 1. The van der Waals surface area contributed by atoms with Crippen LogP contribution in [0.4, 0.5) is 23.1 Å². The lowest BCUT2D eigenvalue weighted by Gasteiger charge is -2.11. The van der Waals surface area contributed by atoms with Crippen molar-refractivity contribution in [1.82, 2.24) is 14.8 Å². The van der Waals surface area contributed by atoms with Crippen molar-refractivity contribution < 1.29 is 4.79 Å². The number of hydrogen-bond acceptors (Lipinski definition) is 6. The zero-order chi connectivity index (χ0) is 17.8. The molecule has 3 aromatic rings. The van der Waals surface area contributed by atoms with Crippen LogP contribution in [-0.4, -0.2) is 20.7 Å². The minimum Gasteiger partial charge on any atom is -0.380 e. The van der Waals surface area contributed by atoms with Gasteiger partial charge in [0.05, 0.1) is 5.69 Å². The summed E-state index contributed by atoms with van der Waals surface area (Å²) >= 11 is 0. The van der Waals surface area contributed by atoms with E-state index in [1.807, 2.05) is 30.3 Å². The molecule has 0 aliphatic heterocycles. The Morgan fingerprint density at radius 2 is 1.72 bits per heavy atom. The van der Waals surface area contributed by atoms with E-state index in [-0.39, 0.29) is 23.2 Å². The van der Waals surface area contributed by atoms with Crippen LogP contribution in [0.2, 0.25) is 0 Å². The number of aromatic nitrogens is 3. The van der Waals surface area contributed by atoms with E-state index in [9.17, 15) is 4.79 Å². The summed E-state index contributed by atoms with van der Waals surface area (Å²) in [5.41, 5.74) is 7.99. The molecule has 1 heterocycles. The number of benzene rings is 2. The van der Waals surface area contributed by atoms with Gasteiger partial charge in [-0.2, -0.15) is 4.98 Å². The van der Waals surface area contributed by atoms with Gasteiger partial charge in [0.15, 0.2) is 11.3 Å². The van der Waals surface area contributed by atoms with Gasteiger partial charge in [0.1, 0.15) is 0 Å². The molecule has 8 nitrogen and oxygen atoms in total. The summed E-state index contributed by atoms with van der Waals surface area (Å²) in [6.07, 6.45) is 0. The minimum absolute atomic E-state index is 0.0118. The molecule has 0 atom stereocenters. The summed E-state index contributed by atoms with van der Waals surface area (Å²) in [7, 11) is 0. The molecule has 1 aromatic heterocycles. The third-order valence-electron chi connectivity index (χ3n) is 3.34. The molecule has 0 aliphatic carbocycles. The molecule has 0 saturated carbocycles. The van der Waals surface area contributed by atoms with Crippen LogP contribution in [0, 0.1) is 5.41 Å². The molecule has 25 heavy (non-hydrogen) atoms. The molecule has 0 spiro atoms. The summed E-state index contributed by atoms with van der Waals surface area (Å²) in [4.78, 5) is 15.2. The van der Waals surface area contributed by atoms with E-state index in [4.69, 9.17) is 11.1 Å². The van der Waals surface area contributed by atoms with Crippen LogP contribution in [0.3, 0.4) is 0 Å². The van der Waals surface area contributed by atoms with Gasteiger partial charge in [0, 0.05) is 18.3 Å². The smallest absolute Gasteiger partial charge is 0.247 e. The first kappa shape index (κ1) is 16.2. The van der Waals surface area contributed by atoms with Crippen LogP contribution in [-0.2, 0) is 4.79 Å². The van der Waals surface area contributed by atoms with Crippen molar-refractivity contribution in [2.45, 2.75) is 6.92 Å². The van der Waals surface area contributed by atoms with Gasteiger partial charge in [0.25, 0.3) is 0 Å². The normalized spacial score (nSPS) is 10.3. The molecule has 8 heteroatoms. The van der Waals surface area contributed by atoms with Gasteiger partial charge in [-0.15, -0.1) is 5.10 Å². The quantitative estimate of drug-likeness (QED) is 0.581. The topological polar surface area (TPSA) is 122 Å². The fourth-order valence-corrected chi connectivity index (χ4v) is 2.22. The molecule has 0 aliphatic rings. The number of anilines is 4. The number of nitrogens with one attached hydrogen (secondary N) is 3. The molecule has 5 N–H and O–H groups in total. The van der Waals surface area contributed by atoms with E-state index < -0.39 is 0 Å². The molecule has 0 bridgehead atoms. The average molecular weight is 335 g/mol. The fourth-order valence-electron chi connectivity index (χ4n) is 2.22. The van der Waals surface area contributed by atoms with Gasteiger partial charge in [-0.25, -0.2) is 4.68 Å². The Hall–Kier alpha value is -3.68. The van der Waals surface area contributed by atoms with Crippen LogP contribution in [0.25, 0.3) is 5.69 Å². The Morgan fingerprint density at radius 1 is 1.08 bits per heavy atom. The SMILES string of the molecule is CC(=O)Nc1ccc(Nc2nc(N)c(=N)n(-c3ccccc3)n2)cc1. The molecular formula is C17H17N7O. The molecule has 0 radical (unpaired) electrons. The van der Waals surface area contributed by atoms with Crippen LogP contribution in [0.5, 0.6) is 0 Å². The molecular weight excluding hydrogens is 318 g/mol. The second-order valence-corrected chi connectivity index (χ2v) is 5.30. The summed E-state index contributed by atoms with van der Waals surface area (Å²) in [5, 5.41) is 18.1. The monoisotopic (exact) mass is 335 g/mol. The van der Waals surface area contributed by atoms with Crippen molar-refractivity contribution in [2.75, 3.05) is 16.4 Å². The predicted octanol–water partition coefficient (Wildman–Crippen LogP) is 2.03. The number of hydrogen-bond donors (Lipinski definition) is 4. The molecule has 3 rings (SSSR count). The summed E-state index contributed by atoms with van der Waals surface area (Å²) < 4.78 is 1.41. The summed E-state index contributed by atoms with van der Waals surface area (Å²) in [6.45, 7) is 1.45. The first-order chi connectivity index (χ1) is 12.0. The van der Waals surface area contributed by atoms with Gasteiger partial charge >= 0.3 is 0 Å². The van der Waals surface area contributed by atoms with Crippen LogP contribution >= 0.6 is 0 Å². The molecule has 0 saturated heterocycles. The Bertz CT molecular complexity index is 949. The van der Waals surface area contributed by atoms with Crippen molar-refractivity contribution in [1.29, 1.82) is 5.41 Å². The Labute approximate surface area is 143 Å². The Morgan fingerprint density at radius 3 is 2.36 bits per heavy atom. The summed E-state index contributed by atoms with van der Waals surface area (Å²) in [5.74, 6) is 0.201. The highest BCUT2D eigenvalue weighted by Gasteiger charge is 2.07. The van der Waals surface area contributed by atoms with Gasteiger partial charge in [-0.05, 0) is 36.4 Å². The number of nitrogens with two attached hydrogens (primary N) is 1. The predicted molar refractivity (Wildman–Crippen MR) is 95.7 cm³/mol. The van der Waals surface area contributed by atoms with Gasteiger partial charge in [0.2, 0.25) is 11.9 Å². The fraction of sp³-hybridized carbons (Fsp3) is 0.0588. The standard InChI is InChI=1S/C17H17N7O/c1-11(25)20-12-7-9-13(10-8-12)21-17-22-15(18)16(19)24(23-17)14-5-3-2-4-6-14/h2-10,19H,1H3,(H,20,25)(H3,18,21,22,23). The molecule has 0 fully saturated rings. The van der Waals surface area contributed by atoms with Crippen molar-refractivity contribution in [3.63, 3.8) is 0 Å². The van der Waals surface area contributed by atoms with E-state index >= 15 is 0 Å². The van der Waals surface area contributed by atoms with E-state index in [0.29, 0.717) is 11.4 Å². The highest BCUT2D eigenvalue weighted by Crippen LogP contribution is 2.17. The van der Waals surface area contributed by atoms with Crippen LogP contribution in [0.15, 0.2) is 54.6 Å². The lowest BCUT2D eigenvalue weighted by molar-refractivity contribution is -0.114. The van der Waals surface area contributed by atoms with Crippen molar-refractivity contribution in [3.8, 4) is 5.69 Å². The van der Waals surface area contributed by atoms with E-state index in [0.717, 1.165) is 5.69 Å². The third kappa shape index (κ3) is 3.81. The van der Waals surface area contributed by atoms with Crippen molar-refractivity contribution >= 4 is 29.0 Å². The minimum atomic E-state index is -0.133. The number of carbonyl (C=O) groups is 1. The van der Waals surface area contributed by atoms with Crippen molar-refractivity contribution in [3.05, 3.63) is 60.1 Å². The lowest BCUT2D eigenvalue weighted by Crippen LogP contribution is -2.26. The zero-order valence-corrected chi connectivity index (χ0v) is 13.5. The largest absolute Gasteiger partial charge is 0.380 e. The summed E-state index contributed by atoms with van der Waals surface area (Å²) in [6, 6.07) is 16.3. The average Bonchev–Trinajstić information content (AvgIpc) is 2.60. The van der Waals surface area contributed by atoms with E-state index in [1.54, 1.807) is 24.3 Å². The number of nitrogens with zero attached hydrogens (tertiary/aromatic N) is 3. The number of para-hydroxylation sites is 1. The van der Waals surface area contributed by atoms with Gasteiger partial charge in [-0.3, -0.25) is 10.2 Å². The zero-order valence-electron chi connectivity index (χ0n) is 13.5. The highest BCUT2D eigenvalue weighted by molar-refractivity contribution is 5.88. The first-order valence-electron chi connectivity index (χ1n) is 7.54. The third-order valence-corrected chi connectivity index (χ3v) is 3.34. The second kappa shape index (κ2) is 6.83. The molecule has 1 amide bonds. The molecule has 2 aromatic carbocycles. The van der Waals surface area contributed by atoms with Crippen LogP contribution < -0.4 is 21.9 Å². The number of rotatable bonds is 4. The highest BCUT2D eigenvalue weighted by atomic mass is 16.1. The van der Waals surface area contributed by atoms with Gasteiger partial charge < -0.3 is 16.4 Å². The van der Waals surface area contributed by atoms with Crippen LogP contribution in [0.1, 0.15) is 6.92 Å². The maximum Gasteiger partial charge on any atom is 0.247 e. The Balaban J connectivity index is 1.89. The van der Waals surface area contributed by atoms with Crippen molar-refractivity contribution in [2.24, 2.45) is 0 Å². The molecule has 126 valence electrons.